The molecule has 3 aromatic rings. The Labute approximate surface area is 176 Å². The molecule has 1 fully saturated rings. The van der Waals surface area contributed by atoms with Gasteiger partial charge in [0.15, 0.2) is 0 Å². The van der Waals surface area contributed by atoms with Crippen molar-refractivity contribution in [3.63, 3.8) is 0 Å². The monoisotopic (exact) mass is 405 g/mol. The highest BCUT2D eigenvalue weighted by Gasteiger charge is 2.27. The predicted molar refractivity (Wildman–Crippen MR) is 116 cm³/mol. The van der Waals surface area contributed by atoms with Crippen molar-refractivity contribution in [2.75, 3.05) is 23.3 Å². The van der Waals surface area contributed by atoms with Gasteiger partial charge in [-0.25, -0.2) is 4.98 Å². The summed E-state index contributed by atoms with van der Waals surface area (Å²) in [6.07, 6.45) is 4.27. The molecule has 3 heterocycles. The van der Waals surface area contributed by atoms with Gasteiger partial charge in [0.2, 0.25) is 17.7 Å². The van der Waals surface area contributed by atoms with Crippen molar-refractivity contribution < 1.29 is 9.21 Å². The maximum atomic E-state index is 12.9. The van der Waals surface area contributed by atoms with Gasteiger partial charge in [-0.05, 0) is 50.5 Å². The number of hydrogen-bond acceptors (Lipinski definition) is 6. The zero-order valence-electron chi connectivity index (χ0n) is 17.7. The summed E-state index contributed by atoms with van der Waals surface area (Å²) >= 11 is 0. The average molecular weight is 406 g/mol. The Hall–Kier alpha value is -3.22. The van der Waals surface area contributed by atoms with Gasteiger partial charge in [-0.15, -0.1) is 10.2 Å². The fourth-order valence-corrected chi connectivity index (χ4v) is 3.83. The van der Waals surface area contributed by atoms with Crippen molar-refractivity contribution in [3.8, 4) is 11.5 Å². The Morgan fingerprint density at radius 1 is 1.23 bits per heavy atom. The van der Waals surface area contributed by atoms with Crippen molar-refractivity contribution in [3.05, 3.63) is 53.5 Å². The van der Waals surface area contributed by atoms with E-state index in [-0.39, 0.29) is 11.8 Å². The standard InChI is InChI=1S/C23H27N5O2/c1-4-21-26-27-23(30-21)17-9-10-24-20(13-17)28-11-5-6-18(14-28)22(29)25-19-8-7-15(2)12-16(19)3/h7-10,12-13,18H,4-6,11,14H2,1-3H3,(H,25,29). The number of rotatable bonds is 5. The largest absolute Gasteiger partial charge is 0.421 e. The van der Waals surface area contributed by atoms with E-state index in [9.17, 15) is 4.79 Å². The van der Waals surface area contributed by atoms with Crippen LogP contribution in [0.1, 0.15) is 36.8 Å². The van der Waals surface area contributed by atoms with Crippen LogP contribution >= 0.6 is 0 Å². The number of nitrogens with one attached hydrogen (secondary N) is 1. The first-order valence-electron chi connectivity index (χ1n) is 10.5. The fourth-order valence-electron chi connectivity index (χ4n) is 3.83. The second-order valence-corrected chi connectivity index (χ2v) is 7.85. The van der Waals surface area contributed by atoms with Crippen LogP contribution in [0.5, 0.6) is 0 Å². The lowest BCUT2D eigenvalue weighted by atomic mass is 9.96. The van der Waals surface area contributed by atoms with Gasteiger partial charge < -0.3 is 14.6 Å². The van der Waals surface area contributed by atoms with Crippen molar-refractivity contribution in [1.29, 1.82) is 0 Å². The van der Waals surface area contributed by atoms with Crippen LogP contribution in [-0.2, 0) is 11.2 Å². The highest BCUT2D eigenvalue weighted by Crippen LogP contribution is 2.27. The molecule has 0 radical (unpaired) electrons. The molecule has 7 nitrogen and oxygen atoms in total. The Kier molecular flexibility index (Phi) is 5.79. The van der Waals surface area contributed by atoms with Crippen LogP contribution in [0.25, 0.3) is 11.5 Å². The number of pyridine rings is 1. The first kappa shape index (κ1) is 20.1. The van der Waals surface area contributed by atoms with E-state index in [1.54, 1.807) is 6.20 Å². The number of carbonyl (C=O) groups excluding carboxylic acids is 1. The van der Waals surface area contributed by atoms with Crippen LogP contribution < -0.4 is 10.2 Å². The van der Waals surface area contributed by atoms with Crippen molar-refractivity contribution in [1.82, 2.24) is 15.2 Å². The maximum Gasteiger partial charge on any atom is 0.247 e. The molecule has 0 bridgehead atoms. The number of amides is 1. The van der Waals surface area contributed by atoms with Crippen molar-refractivity contribution >= 4 is 17.4 Å². The Morgan fingerprint density at radius 2 is 2.10 bits per heavy atom. The van der Waals surface area contributed by atoms with E-state index >= 15 is 0 Å². The highest BCUT2D eigenvalue weighted by atomic mass is 16.4. The van der Waals surface area contributed by atoms with Gasteiger partial charge in [-0.3, -0.25) is 4.79 Å². The third kappa shape index (κ3) is 4.35. The number of aryl methyl sites for hydroxylation is 3. The zero-order valence-corrected chi connectivity index (χ0v) is 17.7. The smallest absolute Gasteiger partial charge is 0.247 e. The number of anilines is 2. The van der Waals surface area contributed by atoms with Gasteiger partial charge in [0.1, 0.15) is 5.82 Å². The summed E-state index contributed by atoms with van der Waals surface area (Å²) in [5.74, 6) is 1.92. The Bertz CT molecular complexity index is 1050. The van der Waals surface area contributed by atoms with Crippen LogP contribution in [0.4, 0.5) is 11.5 Å². The van der Waals surface area contributed by atoms with Crippen LogP contribution in [-0.4, -0.2) is 34.2 Å². The molecule has 0 aliphatic carbocycles. The molecule has 2 aromatic heterocycles. The van der Waals surface area contributed by atoms with Gasteiger partial charge in [0.25, 0.3) is 0 Å². The molecule has 1 unspecified atom stereocenters. The number of aromatic nitrogens is 3. The molecule has 1 saturated heterocycles. The first-order valence-corrected chi connectivity index (χ1v) is 10.5. The summed E-state index contributed by atoms with van der Waals surface area (Å²) in [4.78, 5) is 19.6. The van der Waals surface area contributed by atoms with Crippen molar-refractivity contribution in [2.45, 2.75) is 40.0 Å². The molecule has 30 heavy (non-hydrogen) atoms. The van der Waals surface area contributed by atoms with E-state index in [2.05, 4.69) is 38.4 Å². The summed E-state index contributed by atoms with van der Waals surface area (Å²) in [7, 11) is 0. The van der Waals surface area contributed by atoms with Gasteiger partial charge in [0, 0.05) is 37.0 Å². The molecular formula is C23H27N5O2. The molecule has 1 aromatic carbocycles. The Morgan fingerprint density at radius 3 is 2.87 bits per heavy atom. The number of benzene rings is 1. The lowest BCUT2D eigenvalue weighted by molar-refractivity contribution is -0.120. The molecule has 7 heteroatoms. The van der Waals surface area contributed by atoms with Gasteiger partial charge in [0.05, 0.1) is 5.92 Å². The molecule has 1 aliphatic heterocycles. The SMILES string of the molecule is CCc1nnc(-c2ccnc(N3CCCC(C(=O)Nc4ccc(C)cc4C)C3)c2)o1. The van der Waals surface area contributed by atoms with E-state index < -0.39 is 0 Å². The average Bonchev–Trinajstić information content (AvgIpc) is 3.25. The third-order valence-corrected chi connectivity index (χ3v) is 5.52. The van der Waals surface area contributed by atoms with E-state index in [1.165, 1.54) is 5.56 Å². The van der Waals surface area contributed by atoms with Gasteiger partial charge in [-0.1, -0.05) is 24.6 Å². The second kappa shape index (κ2) is 8.65. The van der Waals surface area contributed by atoms with E-state index in [0.717, 1.165) is 42.0 Å². The lowest BCUT2D eigenvalue weighted by Gasteiger charge is -2.33. The summed E-state index contributed by atoms with van der Waals surface area (Å²) in [6, 6.07) is 9.90. The second-order valence-electron chi connectivity index (χ2n) is 7.85. The zero-order chi connectivity index (χ0) is 21.1. The van der Waals surface area contributed by atoms with E-state index in [4.69, 9.17) is 4.42 Å². The molecule has 156 valence electrons. The highest BCUT2D eigenvalue weighted by molar-refractivity contribution is 5.93. The van der Waals surface area contributed by atoms with Gasteiger partial charge in [-0.2, -0.15) is 0 Å². The van der Waals surface area contributed by atoms with Crippen LogP contribution in [0.3, 0.4) is 0 Å². The van der Waals surface area contributed by atoms with E-state index in [0.29, 0.717) is 24.7 Å². The molecule has 1 aliphatic rings. The number of carbonyl (C=O) groups is 1. The molecular weight excluding hydrogens is 378 g/mol. The Balaban J connectivity index is 1.47. The van der Waals surface area contributed by atoms with E-state index in [1.807, 2.05) is 38.1 Å². The summed E-state index contributed by atoms with van der Waals surface area (Å²) < 4.78 is 5.67. The molecule has 0 saturated carbocycles. The number of piperidine rings is 1. The summed E-state index contributed by atoms with van der Waals surface area (Å²) in [5, 5.41) is 11.3. The molecule has 1 atom stereocenters. The number of hydrogen-bond donors (Lipinski definition) is 1. The summed E-state index contributed by atoms with van der Waals surface area (Å²) in [5.41, 5.74) is 3.99. The molecule has 0 spiro atoms. The number of nitrogens with zero attached hydrogens (tertiary/aromatic N) is 4. The minimum absolute atomic E-state index is 0.0623. The minimum Gasteiger partial charge on any atom is -0.421 e. The molecule has 1 N–H and O–H groups in total. The van der Waals surface area contributed by atoms with Gasteiger partial charge >= 0.3 is 0 Å². The fraction of sp³-hybridized carbons (Fsp3) is 0.391. The van der Waals surface area contributed by atoms with Crippen LogP contribution in [0.2, 0.25) is 0 Å². The normalized spacial score (nSPS) is 16.5. The topological polar surface area (TPSA) is 84.2 Å². The predicted octanol–water partition coefficient (Wildman–Crippen LogP) is 4.17. The van der Waals surface area contributed by atoms with Crippen LogP contribution in [0, 0.1) is 19.8 Å². The molecule has 4 rings (SSSR count). The summed E-state index contributed by atoms with van der Waals surface area (Å²) in [6.45, 7) is 7.56. The quantitative estimate of drug-likeness (QED) is 0.686. The minimum atomic E-state index is -0.0833. The lowest BCUT2D eigenvalue weighted by Crippen LogP contribution is -2.41. The third-order valence-electron chi connectivity index (χ3n) is 5.52. The van der Waals surface area contributed by atoms with Crippen molar-refractivity contribution in [2.24, 2.45) is 5.92 Å². The maximum absolute atomic E-state index is 12.9. The molecule has 1 amide bonds. The first-order chi connectivity index (χ1) is 14.5. The van der Waals surface area contributed by atoms with Crippen LogP contribution in [0.15, 0.2) is 40.9 Å².